The highest BCUT2D eigenvalue weighted by Gasteiger charge is 2.33. The van der Waals surface area contributed by atoms with E-state index in [4.69, 9.17) is 4.74 Å². The third-order valence-electron chi connectivity index (χ3n) is 4.39. The zero-order valence-corrected chi connectivity index (χ0v) is 15.6. The Morgan fingerprint density at radius 1 is 1.28 bits per heavy atom. The smallest absolute Gasteiger partial charge is 0.309 e. The number of nitrogens with one attached hydrogen (secondary N) is 1. The highest BCUT2D eigenvalue weighted by atomic mass is 32.2. The Balaban J connectivity index is 2.18. The molecule has 1 heterocycles. The van der Waals surface area contributed by atoms with Crippen molar-refractivity contribution in [2.75, 3.05) is 26.7 Å². The molecule has 0 aromatic heterocycles. The summed E-state index contributed by atoms with van der Waals surface area (Å²) in [6.07, 6.45) is 0.873. The van der Waals surface area contributed by atoms with Gasteiger partial charge in [0.05, 0.1) is 17.4 Å². The molecule has 1 aliphatic heterocycles. The summed E-state index contributed by atoms with van der Waals surface area (Å²) in [7, 11) is -2.20. The molecule has 2 rings (SSSR count). The lowest BCUT2D eigenvalue weighted by Crippen LogP contribution is -2.40. The molecule has 0 spiro atoms. The van der Waals surface area contributed by atoms with Gasteiger partial charge < -0.3 is 10.1 Å². The molecule has 0 bridgehead atoms. The van der Waals surface area contributed by atoms with Gasteiger partial charge in [-0.1, -0.05) is 6.07 Å². The van der Waals surface area contributed by atoms with Crippen LogP contribution in [-0.2, 0) is 19.6 Å². The first kappa shape index (κ1) is 19.4. The summed E-state index contributed by atoms with van der Waals surface area (Å²) in [6, 6.07) is 4.54. The second-order valence-electron chi connectivity index (χ2n) is 5.99. The normalized spacial score (nSPS) is 16.4. The van der Waals surface area contributed by atoms with Gasteiger partial charge in [0.2, 0.25) is 10.0 Å². The summed E-state index contributed by atoms with van der Waals surface area (Å²) in [5, 5.41) is 2.51. The van der Waals surface area contributed by atoms with Crippen LogP contribution < -0.4 is 5.32 Å². The highest BCUT2D eigenvalue weighted by Crippen LogP contribution is 2.26. The van der Waals surface area contributed by atoms with Crippen molar-refractivity contribution in [3.05, 3.63) is 29.3 Å². The SMILES string of the molecule is CCOC(=O)C1CCN(S(=O)(=O)c2ccc(C)c(C(=O)NC)c2)CC1. The quantitative estimate of drug-likeness (QED) is 0.791. The number of piperidine rings is 1. The summed E-state index contributed by atoms with van der Waals surface area (Å²) in [5.41, 5.74) is 1.05. The van der Waals surface area contributed by atoms with Gasteiger partial charge in [-0.25, -0.2) is 8.42 Å². The summed E-state index contributed by atoms with van der Waals surface area (Å²) in [4.78, 5) is 23.8. The maximum absolute atomic E-state index is 12.8. The van der Waals surface area contributed by atoms with Crippen LogP contribution in [0.1, 0.15) is 35.7 Å². The van der Waals surface area contributed by atoms with E-state index in [1.807, 2.05) is 0 Å². The molecule has 1 aromatic rings. The maximum Gasteiger partial charge on any atom is 0.309 e. The van der Waals surface area contributed by atoms with Gasteiger partial charge in [-0.05, 0) is 44.4 Å². The van der Waals surface area contributed by atoms with Gasteiger partial charge in [0, 0.05) is 25.7 Å². The van der Waals surface area contributed by atoms with Crippen LogP contribution in [0.5, 0.6) is 0 Å². The van der Waals surface area contributed by atoms with Crippen LogP contribution in [0, 0.1) is 12.8 Å². The van der Waals surface area contributed by atoms with E-state index in [9.17, 15) is 18.0 Å². The molecule has 138 valence electrons. The molecule has 8 heteroatoms. The molecule has 1 N–H and O–H groups in total. The van der Waals surface area contributed by atoms with Crippen LogP contribution in [0.25, 0.3) is 0 Å². The van der Waals surface area contributed by atoms with E-state index in [0.717, 1.165) is 0 Å². The lowest BCUT2D eigenvalue weighted by Gasteiger charge is -2.30. The van der Waals surface area contributed by atoms with Crippen LogP contribution in [0.15, 0.2) is 23.1 Å². The zero-order chi connectivity index (χ0) is 18.6. The van der Waals surface area contributed by atoms with Gasteiger partial charge in [-0.3, -0.25) is 9.59 Å². The number of carbonyl (C=O) groups excluding carboxylic acids is 2. The first-order chi connectivity index (χ1) is 11.8. The van der Waals surface area contributed by atoms with Crippen molar-refractivity contribution in [2.24, 2.45) is 5.92 Å². The maximum atomic E-state index is 12.8. The summed E-state index contributed by atoms with van der Waals surface area (Å²) >= 11 is 0. The van der Waals surface area contributed by atoms with Crippen LogP contribution in [0.4, 0.5) is 0 Å². The van der Waals surface area contributed by atoms with E-state index in [0.29, 0.717) is 30.6 Å². The first-order valence-electron chi connectivity index (χ1n) is 8.30. The third-order valence-corrected chi connectivity index (χ3v) is 6.29. The molecule has 7 nitrogen and oxygen atoms in total. The number of hydrogen-bond acceptors (Lipinski definition) is 5. The summed E-state index contributed by atoms with van der Waals surface area (Å²) in [5.74, 6) is -0.849. The van der Waals surface area contributed by atoms with Crippen molar-refractivity contribution < 1.29 is 22.7 Å². The van der Waals surface area contributed by atoms with Crippen molar-refractivity contribution in [1.82, 2.24) is 9.62 Å². The van der Waals surface area contributed by atoms with Gasteiger partial charge in [0.1, 0.15) is 0 Å². The van der Waals surface area contributed by atoms with E-state index < -0.39 is 10.0 Å². The Morgan fingerprint density at radius 2 is 1.92 bits per heavy atom. The van der Waals surface area contributed by atoms with Gasteiger partial charge in [0.25, 0.3) is 5.91 Å². The minimum absolute atomic E-state index is 0.0892. The molecule has 0 aliphatic carbocycles. The number of carbonyl (C=O) groups is 2. The van der Waals surface area contributed by atoms with Crippen molar-refractivity contribution in [3.8, 4) is 0 Å². The molecule has 25 heavy (non-hydrogen) atoms. The second-order valence-corrected chi connectivity index (χ2v) is 7.92. The first-order valence-corrected chi connectivity index (χ1v) is 9.74. The van der Waals surface area contributed by atoms with E-state index in [1.165, 1.54) is 23.5 Å². The number of amides is 1. The van der Waals surface area contributed by atoms with Crippen LogP contribution in [0.3, 0.4) is 0 Å². The average Bonchev–Trinajstić information content (AvgIpc) is 2.61. The molecule has 0 saturated carbocycles. The van der Waals surface area contributed by atoms with E-state index in [1.54, 1.807) is 19.9 Å². The Hall–Kier alpha value is -1.93. The highest BCUT2D eigenvalue weighted by molar-refractivity contribution is 7.89. The molecule has 1 amide bonds. The standard InChI is InChI=1S/C17H24N2O5S/c1-4-24-17(21)13-7-9-19(10-8-13)25(22,23)14-6-5-12(2)15(11-14)16(20)18-3/h5-6,11,13H,4,7-10H2,1-3H3,(H,18,20). The Kier molecular flexibility index (Phi) is 6.18. The van der Waals surface area contributed by atoms with E-state index in [2.05, 4.69) is 5.32 Å². The summed E-state index contributed by atoms with van der Waals surface area (Å²) in [6.45, 7) is 4.34. The molecule has 0 unspecified atom stereocenters. The fourth-order valence-electron chi connectivity index (χ4n) is 2.88. The lowest BCUT2D eigenvalue weighted by atomic mass is 9.98. The molecule has 1 aliphatic rings. The predicted molar refractivity (Wildman–Crippen MR) is 92.7 cm³/mol. The van der Waals surface area contributed by atoms with Gasteiger partial charge in [-0.2, -0.15) is 4.31 Å². The van der Waals surface area contributed by atoms with Gasteiger partial charge >= 0.3 is 5.97 Å². The predicted octanol–water partition coefficient (Wildman–Crippen LogP) is 1.32. The van der Waals surface area contributed by atoms with Gasteiger partial charge in [0.15, 0.2) is 0 Å². The average molecular weight is 368 g/mol. The van der Waals surface area contributed by atoms with Crippen molar-refractivity contribution in [1.29, 1.82) is 0 Å². The summed E-state index contributed by atoms with van der Waals surface area (Å²) < 4.78 is 32.0. The third kappa shape index (κ3) is 4.19. The van der Waals surface area contributed by atoms with Crippen molar-refractivity contribution in [3.63, 3.8) is 0 Å². The number of aryl methyl sites for hydroxylation is 1. The Bertz CT molecular complexity index is 752. The monoisotopic (exact) mass is 368 g/mol. The molecular weight excluding hydrogens is 344 g/mol. The second kappa shape index (κ2) is 7.97. The van der Waals surface area contributed by atoms with Gasteiger partial charge in [-0.15, -0.1) is 0 Å². The molecule has 0 radical (unpaired) electrons. The van der Waals surface area contributed by atoms with Crippen molar-refractivity contribution in [2.45, 2.75) is 31.6 Å². The Morgan fingerprint density at radius 3 is 2.48 bits per heavy atom. The molecule has 1 fully saturated rings. The van der Waals surface area contributed by atoms with Crippen molar-refractivity contribution >= 4 is 21.9 Å². The zero-order valence-electron chi connectivity index (χ0n) is 14.7. The number of benzene rings is 1. The van der Waals surface area contributed by atoms with Crippen LogP contribution in [0.2, 0.25) is 0 Å². The number of nitrogens with zero attached hydrogens (tertiary/aromatic N) is 1. The molecular formula is C17H24N2O5S. The fourth-order valence-corrected chi connectivity index (χ4v) is 4.38. The minimum atomic E-state index is -3.70. The topological polar surface area (TPSA) is 92.8 Å². The van der Waals surface area contributed by atoms with Crippen LogP contribution >= 0.6 is 0 Å². The lowest BCUT2D eigenvalue weighted by molar-refractivity contribution is -0.149. The Labute approximate surface area is 148 Å². The largest absolute Gasteiger partial charge is 0.466 e. The fraction of sp³-hybridized carbons (Fsp3) is 0.529. The molecule has 1 aromatic carbocycles. The number of rotatable bonds is 5. The molecule has 1 saturated heterocycles. The minimum Gasteiger partial charge on any atom is -0.466 e. The number of sulfonamides is 1. The molecule has 0 atom stereocenters. The van der Waals surface area contributed by atoms with E-state index >= 15 is 0 Å². The number of ether oxygens (including phenoxy) is 1. The number of hydrogen-bond donors (Lipinski definition) is 1. The van der Waals surface area contributed by atoms with Crippen LogP contribution in [-0.4, -0.2) is 51.3 Å². The number of esters is 1. The van der Waals surface area contributed by atoms with E-state index in [-0.39, 0.29) is 35.8 Å².